The average molecular weight is 335 g/mol. The van der Waals surface area contributed by atoms with Gasteiger partial charge < -0.3 is 9.32 Å². The van der Waals surface area contributed by atoms with Gasteiger partial charge in [-0.3, -0.25) is 4.79 Å². The van der Waals surface area contributed by atoms with Crippen molar-refractivity contribution in [1.29, 1.82) is 0 Å². The number of aromatic nitrogens is 2. The Bertz CT molecular complexity index is 683. The smallest absolute Gasteiger partial charge is 0.277 e. The third-order valence-corrected chi connectivity index (χ3v) is 4.74. The lowest BCUT2D eigenvalue weighted by Crippen LogP contribution is -2.38. The molecule has 5 nitrogen and oxygen atoms in total. The molecular weight excluding hydrogens is 317 g/mol. The Morgan fingerprint density at radius 2 is 2.17 bits per heavy atom. The van der Waals surface area contributed by atoms with Crippen molar-refractivity contribution in [2.45, 2.75) is 25.0 Å². The topological polar surface area (TPSA) is 59.2 Å². The van der Waals surface area contributed by atoms with Gasteiger partial charge in [0.05, 0.1) is 5.75 Å². The highest BCUT2D eigenvalue weighted by Crippen LogP contribution is 2.24. The summed E-state index contributed by atoms with van der Waals surface area (Å²) in [7, 11) is 0. The van der Waals surface area contributed by atoms with Gasteiger partial charge in [0.1, 0.15) is 5.82 Å². The molecule has 1 aromatic heterocycles. The second-order valence-corrected chi connectivity index (χ2v) is 6.66. The standard InChI is InChI=1S/C16H18FN3O2S/c1-11-5-7-20(8-6-11)14(21)10-23-16-19-18-15(22-16)12-3-2-4-13(17)9-12/h2-4,9,11H,5-8,10H2,1H3. The van der Waals surface area contributed by atoms with E-state index >= 15 is 0 Å². The summed E-state index contributed by atoms with van der Waals surface area (Å²) in [5, 5.41) is 8.13. The molecule has 0 radical (unpaired) electrons. The molecule has 0 saturated carbocycles. The number of thioether (sulfide) groups is 1. The first-order chi connectivity index (χ1) is 11.1. The highest BCUT2D eigenvalue weighted by molar-refractivity contribution is 7.99. The molecule has 1 saturated heterocycles. The molecule has 1 fully saturated rings. The van der Waals surface area contributed by atoms with Crippen LogP contribution in [-0.2, 0) is 4.79 Å². The maximum absolute atomic E-state index is 13.2. The van der Waals surface area contributed by atoms with Crippen LogP contribution >= 0.6 is 11.8 Å². The first-order valence-corrected chi connectivity index (χ1v) is 8.60. The lowest BCUT2D eigenvalue weighted by molar-refractivity contribution is -0.129. The Morgan fingerprint density at radius 3 is 2.91 bits per heavy atom. The SMILES string of the molecule is CC1CCN(C(=O)CSc2nnc(-c3cccc(F)c3)o2)CC1. The maximum atomic E-state index is 13.2. The third-order valence-electron chi connectivity index (χ3n) is 3.93. The first kappa shape index (κ1) is 16.0. The molecule has 0 atom stereocenters. The lowest BCUT2D eigenvalue weighted by atomic mass is 9.99. The molecule has 0 spiro atoms. The molecule has 2 heterocycles. The molecule has 1 aliphatic heterocycles. The molecule has 0 aliphatic carbocycles. The molecule has 0 unspecified atom stereocenters. The monoisotopic (exact) mass is 335 g/mol. The van der Waals surface area contributed by atoms with E-state index in [4.69, 9.17) is 4.42 Å². The molecule has 1 amide bonds. The lowest BCUT2D eigenvalue weighted by Gasteiger charge is -2.30. The van der Waals surface area contributed by atoms with Crippen LogP contribution in [0.5, 0.6) is 0 Å². The Hall–Kier alpha value is -1.89. The fourth-order valence-corrected chi connectivity index (χ4v) is 3.14. The number of benzene rings is 1. The van der Waals surface area contributed by atoms with E-state index in [-0.39, 0.29) is 23.4 Å². The highest BCUT2D eigenvalue weighted by atomic mass is 32.2. The molecule has 23 heavy (non-hydrogen) atoms. The van der Waals surface area contributed by atoms with Crippen molar-refractivity contribution in [1.82, 2.24) is 15.1 Å². The first-order valence-electron chi connectivity index (χ1n) is 7.62. The predicted octanol–water partition coefficient (Wildman–Crippen LogP) is 3.23. The van der Waals surface area contributed by atoms with Gasteiger partial charge in [0.15, 0.2) is 0 Å². The zero-order chi connectivity index (χ0) is 16.2. The fourth-order valence-electron chi connectivity index (χ4n) is 2.48. The number of hydrogen-bond acceptors (Lipinski definition) is 5. The Morgan fingerprint density at radius 1 is 1.39 bits per heavy atom. The van der Waals surface area contributed by atoms with Gasteiger partial charge in [0.2, 0.25) is 11.8 Å². The summed E-state index contributed by atoms with van der Waals surface area (Å²) in [6, 6.07) is 5.98. The van der Waals surface area contributed by atoms with Gasteiger partial charge in [-0.15, -0.1) is 10.2 Å². The number of piperidine rings is 1. The molecule has 0 N–H and O–H groups in total. The van der Waals surface area contributed by atoms with Gasteiger partial charge in [-0.2, -0.15) is 0 Å². The zero-order valence-electron chi connectivity index (χ0n) is 12.9. The van der Waals surface area contributed by atoms with Crippen LogP contribution in [0.3, 0.4) is 0 Å². The van der Waals surface area contributed by atoms with Crippen LogP contribution in [0.25, 0.3) is 11.5 Å². The minimum atomic E-state index is -0.357. The molecule has 1 aliphatic rings. The van der Waals surface area contributed by atoms with Crippen molar-refractivity contribution in [3.8, 4) is 11.5 Å². The average Bonchev–Trinajstić information content (AvgIpc) is 3.02. The van der Waals surface area contributed by atoms with E-state index in [2.05, 4.69) is 17.1 Å². The van der Waals surface area contributed by atoms with Crippen molar-refractivity contribution in [2.24, 2.45) is 5.92 Å². The van der Waals surface area contributed by atoms with Crippen molar-refractivity contribution in [2.75, 3.05) is 18.8 Å². The van der Waals surface area contributed by atoms with Gasteiger partial charge >= 0.3 is 0 Å². The maximum Gasteiger partial charge on any atom is 0.277 e. The van der Waals surface area contributed by atoms with Crippen LogP contribution < -0.4 is 0 Å². The Kier molecular flexibility index (Phi) is 4.95. The van der Waals surface area contributed by atoms with E-state index in [1.54, 1.807) is 12.1 Å². The zero-order valence-corrected chi connectivity index (χ0v) is 13.7. The van der Waals surface area contributed by atoms with E-state index in [9.17, 15) is 9.18 Å². The molecule has 2 aromatic rings. The van der Waals surface area contributed by atoms with Gasteiger partial charge in [-0.1, -0.05) is 24.8 Å². The largest absolute Gasteiger partial charge is 0.411 e. The van der Waals surface area contributed by atoms with Crippen molar-refractivity contribution in [3.63, 3.8) is 0 Å². The molecule has 3 rings (SSSR count). The minimum absolute atomic E-state index is 0.0902. The summed E-state index contributed by atoms with van der Waals surface area (Å²) in [5.41, 5.74) is 0.528. The summed E-state index contributed by atoms with van der Waals surface area (Å²) in [4.78, 5) is 14.1. The number of carbonyl (C=O) groups is 1. The van der Waals surface area contributed by atoms with E-state index in [1.807, 2.05) is 4.90 Å². The summed E-state index contributed by atoms with van der Waals surface area (Å²) < 4.78 is 18.7. The minimum Gasteiger partial charge on any atom is -0.411 e. The van der Waals surface area contributed by atoms with Gasteiger partial charge in [-0.05, 0) is 37.0 Å². The molecular formula is C16H18FN3O2S. The Balaban J connectivity index is 1.56. The van der Waals surface area contributed by atoms with Crippen molar-refractivity contribution >= 4 is 17.7 Å². The van der Waals surface area contributed by atoms with E-state index in [0.29, 0.717) is 16.7 Å². The molecule has 0 bridgehead atoms. The van der Waals surface area contributed by atoms with Crippen LogP contribution in [0.4, 0.5) is 4.39 Å². The number of likely N-dealkylation sites (tertiary alicyclic amines) is 1. The summed E-state index contributed by atoms with van der Waals surface area (Å²) in [5.74, 6) is 0.957. The number of rotatable bonds is 4. The predicted molar refractivity (Wildman–Crippen MR) is 85.4 cm³/mol. The summed E-state index contributed by atoms with van der Waals surface area (Å²) in [6.07, 6.45) is 2.11. The van der Waals surface area contributed by atoms with Crippen LogP contribution in [-0.4, -0.2) is 39.8 Å². The second-order valence-electron chi connectivity index (χ2n) is 5.74. The third kappa shape index (κ3) is 4.10. The summed E-state index contributed by atoms with van der Waals surface area (Å²) in [6.45, 7) is 3.85. The fraction of sp³-hybridized carbons (Fsp3) is 0.438. The molecule has 1 aromatic carbocycles. The Labute approximate surface area is 138 Å². The highest BCUT2D eigenvalue weighted by Gasteiger charge is 2.21. The molecule has 122 valence electrons. The van der Waals surface area contributed by atoms with Gasteiger partial charge in [0.25, 0.3) is 5.22 Å². The summed E-state index contributed by atoms with van der Waals surface area (Å²) >= 11 is 1.22. The number of halogens is 1. The van der Waals surface area contributed by atoms with Crippen molar-refractivity contribution in [3.05, 3.63) is 30.1 Å². The number of nitrogens with zero attached hydrogens (tertiary/aromatic N) is 3. The number of carbonyl (C=O) groups excluding carboxylic acids is 1. The second kappa shape index (κ2) is 7.12. The molecule has 7 heteroatoms. The van der Waals surface area contributed by atoms with Crippen LogP contribution in [0.1, 0.15) is 19.8 Å². The van der Waals surface area contributed by atoms with Crippen molar-refractivity contribution < 1.29 is 13.6 Å². The van der Waals surface area contributed by atoms with Gasteiger partial charge in [-0.25, -0.2) is 4.39 Å². The van der Waals surface area contributed by atoms with Gasteiger partial charge in [0, 0.05) is 18.7 Å². The quantitative estimate of drug-likeness (QED) is 0.803. The number of hydrogen-bond donors (Lipinski definition) is 0. The number of amides is 1. The van der Waals surface area contributed by atoms with E-state index < -0.39 is 0 Å². The van der Waals surface area contributed by atoms with E-state index in [0.717, 1.165) is 25.9 Å². The van der Waals surface area contributed by atoms with E-state index in [1.165, 1.54) is 23.9 Å². The normalized spacial score (nSPS) is 15.8. The van der Waals surface area contributed by atoms with Crippen LogP contribution in [0.2, 0.25) is 0 Å². The van der Waals surface area contributed by atoms with Crippen LogP contribution in [0, 0.1) is 11.7 Å². The van der Waals surface area contributed by atoms with Crippen LogP contribution in [0.15, 0.2) is 33.9 Å².